The maximum atomic E-state index is 11.3. The Labute approximate surface area is 96.3 Å². The summed E-state index contributed by atoms with van der Waals surface area (Å²) < 4.78 is 10.0. The average Bonchev–Trinajstić information content (AvgIpc) is 2.62. The molecule has 1 aliphatic heterocycles. The van der Waals surface area contributed by atoms with Gasteiger partial charge in [-0.1, -0.05) is 0 Å². The van der Waals surface area contributed by atoms with E-state index in [-0.39, 0.29) is 18.7 Å². The van der Waals surface area contributed by atoms with Crippen molar-refractivity contribution in [2.24, 2.45) is 0 Å². The van der Waals surface area contributed by atoms with Gasteiger partial charge in [0.2, 0.25) is 0 Å². The summed E-state index contributed by atoms with van der Waals surface area (Å²) in [6.45, 7) is 4.45. The normalized spacial score (nSPS) is 29.1. The minimum Gasteiger partial charge on any atom is -0.467 e. The van der Waals surface area contributed by atoms with E-state index in [1.54, 1.807) is 0 Å². The van der Waals surface area contributed by atoms with E-state index in [0.29, 0.717) is 0 Å². The Bertz CT molecular complexity index is 254. The van der Waals surface area contributed by atoms with Crippen molar-refractivity contribution in [1.82, 2.24) is 4.90 Å². The molecule has 0 radical (unpaired) electrons. The average molecular weight is 231 g/mol. The van der Waals surface area contributed by atoms with Crippen molar-refractivity contribution < 1.29 is 19.4 Å². The lowest BCUT2D eigenvalue weighted by Crippen LogP contribution is -2.50. The van der Waals surface area contributed by atoms with Crippen molar-refractivity contribution in [3.63, 3.8) is 0 Å². The molecule has 1 rings (SSSR count). The minimum atomic E-state index is -1.47. The summed E-state index contributed by atoms with van der Waals surface area (Å²) in [5.41, 5.74) is -1.47. The third-order valence-corrected chi connectivity index (χ3v) is 3.08. The third-order valence-electron chi connectivity index (χ3n) is 3.08. The molecular formula is C11H21NO4. The fourth-order valence-corrected chi connectivity index (χ4v) is 2.19. The molecule has 0 aromatic heterocycles. The van der Waals surface area contributed by atoms with Gasteiger partial charge >= 0.3 is 5.97 Å². The van der Waals surface area contributed by atoms with Crippen LogP contribution in [0.4, 0.5) is 0 Å². The van der Waals surface area contributed by atoms with Crippen LogP contribution < -0.4 is 0 Å². The van der Waals surface area contributed by atoms with Gasteiger partial charge in [0.25, 0.3) is 0 Å². The molecule has 0 saturated carbocycles. The van der Waals surface area contributed by atoms with E-state index in [1.807, 2.05) is 18.9 Å². The Kier molecular flexibility index (Phi) is 4.29. The molecule has 3 unspecified atom stereocenters. The zero-order valence-corrected chi connectivity index (χ0v) is 10.4. The largest absolute Gasteiger partial charge is 0.467 e. The summed E-state index contributed by atoms with van der Waals surface area (Å²) >= 11 is 0. The fourth-order valence-electron chi connectivity index (χ4n) is 2.19. The highest BCUT2D eigenvalue weighted by Crippen LogP contribution is 2.20. The van der Waals surface area contributed by atoms with Gasteiger partial charge in [-0.2, -0.15) is 0 Å². The minimum absolute atomic E-state index is 0.137. The number of rotatable bonds is 4. The number of hydrogen-bond donors (Lipinski definition) is 1. The van der Waals surface area contributed by atoms with E-state index in [1.165, 1.54) is 14.0 Å². The number of ether oxygens (including phenoxy) is 2. The number of nitrogens with zero attached hydrogens (tertiary/aromatic N) is 1. The van der Waals surface area contributed by atoms with Gasteiger partial charge < -0.3 is 14.6 Å². The number of likely N-dealkylation sites (N-methyl/N-ethyl adjacent to an activating group) is 1. The van der Waals surface area contributed by atoms with Crippen LogP contribution in [0.15, 0.2) is 0 Å². The van der Waals surface area contributed by atoms with E-state index < -0.39 is 11.6 Å². The predicted molar refractivity (Wildman–Crippen MR) is 59.1 cm³/mol. The fraction of sp³-hybridized carbons (Fsp3) is 0.909. The maximum Gasteiger partial charge on any atom is 0.338 e. The summed E-state index contributed by atoms with van der Waals surface area (Å²) in [6, 6.07) is 0.246. The first-order valence-corrected chi connectivity index (χ1v) is 5.51. The van der Waals surface area contributed by atoms with Crippen LogP contribution in [0.25, 0.3) is 0 Å². The van der Waals surface area contributed by atoms with Gasteiger partial charge in [0.05, 0.1) is 13.2 Å². The Morgan fingerprint density at radius 2 is 2.31 bits per heavy atom. The van der Waals surface area contributed by atoms with Gasteiger partial charge in [0.15, 0.2) is 5.60 Å². The van der Waals surface area contributed by atoms with Crippen LogP contribution >= 0.6 is 0 Å². The third kappa shape index (κ3) is 2.93. The van der Waals surface area contributed by atoms with Crippen LogP contribution in [0.5, 0.6) is 0 Å². The zero-order chi connectivity index (χ0) is 12.3. The number of esters is 1. The second kappa shape index (κ2) is 5.12. The van der Waals surface area contributed by atoms with Crippen LogP contribution in [0, 0.1) is 0 Å². The SMILES string of the molecule is COC(=O)C(C)(O)CN(C)C1CCOC1C. The van der Waals surface area contributed by atoms with E-state index >= 15 is 0 Å². The molecule has 5 heteroatoms. The Morgan fingerprint density at radius 3 is 2.75 bits per heavy atom. The lowest BCUT2D eigenvalue weighted by molar-refractivity contribution is -0.162. The Balaban J connectivity index is 2.56. The Hall–Kier alpha value is -0.650. The standard InChI is InChI=1S/C11H21NO4/c1-8-9(5-6-16-8)12(3)7-11(2,14)10(13)15-4/h8-9,14H,5-7H2,1-4H3. The molecule has 1 heterocycles. The molecule has 3 atom stereocenters. The molecule has 1 fully saturated rings. The molecule has 0 bridgehead atoms. The first kappa shape index (κ1) is 13.4. The molecule has 5 nitrogen and oxygen atoms in total. The molecule has 0 amide bonds. The number of carbonyl (C=O) groups excluding carboxylic acids is 1. The monoisotopic (exact) mass is 231 g/mol. The topological polar surface area (TPSA) is 59.0 Å². The molecule has 0 aromatic rings. The summed E-state index contributed by atoms with van der Waals surface area (Å²) in [4.78, 5) is 13.3. The molecule has 0 aliphatic carbocycles. The van der Waals surface area contributed by atoms with Crippen LogP contribution in [-0.2, 0) is 14.3 Å². The zero-order valence-electron chi connectivity index (χ0n) is 10.4. The predicted octanol–water partition coefficient (Wildman–Crippen LogP) is 0.0196. The van der Waals surface area contributed by atoms with Crippen molar-refractivity contribution in [3.05, 3.63) is 0 Å². The van der Waals surface area contributed by atoms with E-state index in [4.69, 9.17) is 4.74 Å². The van der Waals surface area contributed by atoms with E-state index in [9.17, 15) is 9.90 Å². The van der Waals surface area contributed by atoms with Crippen LogP contribution in [-0.4, -0.2) is 61.0 Å². The van der Waals surface area contributed by atoms with Crippen molar-refractivity contribution in [2.45, 2.75) is 38.0 Å². The summed E-state index contributed by atoms with van der Waals surface area (Å²) in [7, 11) is 3.16. The highest BCUT2D eigenvalue weighted by atomic mass is 16.5. The molecule has 1 saturated heterocycles. The van der Waals surface area contributed by atoms with Gasteiger partial charge in [0, 0.05) is 19.2 Å². The molecular weight excluding hydrogens is 210 g/mol. The van der Waals surface area contributed by atoms with Crippen molar-refractivity contribution >= 4 is 5.97 Å². The van der Waals surface area contributed by atoms with Crippen molar-refractivity contribution in [2.75, 3.05) is 27.3 Å². The number of aliphatic hydroxyl groups is 1. The highest BCUT2D eigenvalue weighted by Gasteiger charge is 2.37. The van der Waals surface area contributed by atoms with Crippen LogP contribution in [0.3, 0.4) is 0 Å². The second-order valence-corrected chi connectivity index (χ2v) is 4.61. The maximum absolute atomic E-state index is 11.3. The lowest BCUT2D eigenvalue weighted by Gasteiger charge is -2.32. The Morgan fingerprint density at radius 1 is 1.69 bits per heavy atom. The second-order valence-electron chi connectivity index (χ2n) is 4.61. The molecule has 1 N–H and O–H groups in total. The number of carbonyl (C=O) groups is 1. The van der Waals surface area contributed by atoms with Gasteiger partial charge in [-0.15, -0.1) is 0 Å². The molecule has 16 heavy (non-hydrogen) atoms. The quantitative estimate of drug-likeness (QED) is 0.691. The van der Waals surface area contributed by atoms with Crippen molar-refractivity contribution in [3.8, 4) is 0 Å². The lowest BCUT2D eigenvalue weighted by atomic mass is 10.0. The molecule has 0 spiro atoms. The smallest absolute Gasteiger partial charge is 0.338 e. The number of methoxy groups -OCH3 is 1. The highest BCUT2D eigenvalue weighted by molar-refractivity contribution is 5.78. The van der Waals surface area contributed by atoms with Crippen LogP contribution in [0.1, 0.15) is 20.3 Å². The number of hydrogen-bond acceptors (Lipinski definition) is 5. The summed E-state index contributed by atoms with van der Waals surface area (Å²) in [6.07, 6.45) is 1.06. The molecule has 1 aliphatic rings. The van der Waals surface area contributed by atoms with Gasteiger partial charge in [-0.25, -0.2) is 4.79 Å². The molecule has 94 valence electrons. The van der Waals surface area contributed by atoms with E-state index in [0.717, 1.165) is 13.0 Å². The van der Waals surface area contributed by atoms with Gasteiger partial charge in [-0.3, -0.25) is 4.90 Å². The summed E-state index contributed by atoms with van der Waals surface area (Å²) in [5.74, 6) is -0.606. The van der Waals surface area contributed by atoms with Crippen LogP contribution in [0.2, 0.25) is 0 Å². The van der Waals surface area contributed by atoms with E-state index in [2.05, 4.69) is 4.74 Å². The summed E-state index contributed by atoms with van der Waals surface area (Å²) in [5, 5.41) is 9.94. The first-order chi connectivity index (χ1) is 7.38. The first-order valence-electron chi connectivity index (χ1n) is 5.51. The van der Waals surface area contributed by atoms with Gasteiger partial charge in [0.1, 0.15) is 0 Å². The van der Waals surface area contributed by atoms with Crippen molar-refractivity contribution in [1.29, 1.82) is 0 Å². The van der Waals surface area contributed by atoms with Gasteiger partial charge in [-0.05, 0) is 27.3 Å². The molecule has 0 aromatic carbocycles.